The highest BCUT2D eigenvalue weighted by Crippen LogP contribution is 2.37. The molecule has 0 spiro atoms. The first-order valence-electron chi connectivity index (χ1n) is 18.6. The van der Waals surface area contributed by atoms with Gasteiger partial charge in [0.1, 0.15) is 0 Å². The maximum atomic E-state index is 5.81. The van der Waals surface area contributed by atoms with Crippen molar-refractivity contribution in [3.8, 4) is 0 Å². The molecule has 10 nitrogen and oxygen atoms in total. The van der Waals surface area contributed by atoms with Gasteiger partial charge in [0.05, 0.1) is 79.3 Å². The van der Waals surface area contributed by atoms with Gasteiger partial charge in [-0.25, -0.2) is 0 Å². The summed E-state index contributed by atoms with van der Waals surface area (Å²) in [6.45, 7) is 10.3. The van der Waals surface area contributed by atoms with Crippen LogP contribution in [0.1, 0.15) is 12.8 Å². The minimum absolute atomic E-state index is 0.573. The monoisotopic (exact) mass is 714 g/mol. The molecule has 0 unspecified atom stereocenters. The molecular formula is C42H54N2O8. The standard InChI is InChI=1S/C42H54N2O8/c1-45-21-23-49-29-31-51-27-25-47-19-3-15-43-17-13-39-37-7-5-34-33(35(37)9-11-41(39)43)6-8-38-36(34)10-12-42-40(38)14-18-44(42)16-4-20-48-26-28-52-32-30-50-24-22-46-2/h5-14,17-18H,3-4,15-16,19-32H2,1-2H3. The zero-order valence-electron chi connectivity index (χ0n) is 30.8. The Morgan fingerprint density at radius 1 is 0.327 bits per heavy atom. The third kappa shape index (κ3) is 9.89. The molecule has 4 aromatic carbocycles. The number of aromatic nitrogens is 2. The van der Waals surface area contributed by atoms with Crippen LogP contribution in [0.15, 0.2) is 73.1 Å². The number of hydrogen-bond acceptors (Lipinski definition) is 8. The number of hydrogen-bond donors (Lipinski definition) is 0. The minimum Gasteiger partial charge on any atom is -0.382 e. The van der Waals surface area contributed by atoms with E-state index in [4.69, 9.17) is 37.9 Å². The second-order valence-corrected chi connectivity index (χ2v) is 12.8. The Kier molecular flexibility index (Phi) is 15.1. The third-order valence-corrected chi connectivity index (χ3v) is 9.42. The fraction of sp³-hybridized carbons (Fsp3) is 0.476. The number of nitrogens with zero attached hydrogens (tertiary/aromatic N) is 2. The lowest BCUT2D eigenvalue weighted by atomic mass is 9.94. The summed E-state index contributed by atoms with van der Waals surface area (Å²) < 4.78 is 48.2. The summed E-state index contributed by atoms with van der Waals surface area (Å²) >= 11 is 0. The third-order valence-electron chi connectivity index (χ3n) is 9.42. The molecule has 0 atom stereocenters. The zero-order valence-corrected chi connectivity index (χ0v) is 30.8. The number of ether oxygens (including phenoxy) is 8. The second-order valence-electron chi connectivity index (χ2n) is 12.8. The van der Waals surface area contributed by atoms with Crippen LogP contribution in [0.4, 0.5) is 0 Å². The summed E-state index contributed by atoms with van der Waals surface area (Å²) in [6.07, 6.45) is 6.29. The molecule has 0 saturated heterocycles. The van der Waals surface area contributed by atoms with E-state index in [1.54, 1.807) is 14.2 Å². The molecule has 0 aliphatic carbocycles. The Hall–Kier alpha value is -3.58. The number of fused-ring (bicyclic) bond motifs is 9. The van der Waals surface area contributed by atoms with E-state index in [-0.39, 0.29) is 0 Å². The zero-order chi connectivity index (χ0) is 35.8. The normalized spacial score (nSPS) is 12.1. The second kappa shape index (κ2) is 20.6. The predicted molar refractivity (Wildman–Crippen MR) is 208 cm³/mol. The van der Waals surface area contributed by atoms with Gasteiger partial charge in [0.2, 0.25) is 0 Å². The van der Waals surface area contributed by atoms with Gasteiger partial charge in [0.25, 0.3) is 0 Å². The van der Waals surface area contributed by atoms with Gasteiger partial charge >= 0.3 is 0 Å². The average Bonchev–Trinajstić information content (AvgIpc) is 3.79. The van der Waals surface area contributed by atoms with Crippen molar-refractivity contribution in [2.75, 3.05) is 107 Å². The molecule has 6 aromatic rings. The van der Waals surface area contributed by atoms with Crippen LogP contribution in [0.2, 0.25) is 0 Å². The Balaban J connectivity index is 1.01. The molecule has 2 aromatic heterocycles. The molecule has 6 rings (SSSR count). The molecular weight excluding hydrogens is 660 g/mol. The highest BCUT2D eigenvalue weighted by Gasteiger charge is 2.12. The number of benzene rings is 4. The fourth-order valence-electron chi connectivity index (χ4n) is 6.83. The summed E-state index contributed by atoms with van der Waals surface area (Å²) in [5.74, 6) is 0. The first-order valence-corrected chi connectivity index (χ1v) is 18.6. The van der Waals surface area contributed by atoms with Crippen molar-refractivity contribution in [1.29, 1.82) is 0 Å². The Morgan fingerprint density at radius 2 is 0.615 bits per heavy atom. The van der Waals surface area contributed by atoms with Gasteiger partial charge in [-0.15, -0.1) is 0 Å². The summed E-state index contributed by atoms with van der Waals surface area (Å²) in [4.78, 5) is 0. The Labute approximate surface area is 306 Å². The number of aryl methyl sites for hydroxylation is 2. The average molecular weight is 715 g/mol. The van der Waals surface area contributed by atoms with Gasteiger partial charge in [-0.1, -0.05) is 36.4 Å². The summed E-state index contributed by atoms with van der Waals surface area (Å²) in [6, 6.07) is 22.8. The van der Waals surface area contributed by atoms with Crippen molar-refractivity contribution >= 4 is 54.1 Å². The first kappa shape index (κ1) is 38.2. The lowest BCUT2D eigenvalue weighted by Gasteiger charge is -2.12. The van der Waals surface area contributed by atoms with E-state index in [9.17, 15) is 0 Å². The van der Waals surface area contributed by atoms with Crippen LogP contribution in [0.25, 0.3) is 54.1 Å². The van der Waals surface area contributed by atoms with Crippen LogP contribution in [0, 0.1) is 0 Å². The van der Waals surface area contributed by atoms with E-state index in [1.165, 1.54) is 54.1 Å². The lowest BCUT2D eigenvalue weighted by Crippen LogP contribution is -2.12. The molecule has 0 saturated carbocycles. The summed E-state index contributed by atoms with van der Waals surface area (Å²) in [5.41, 5.74) is 2.51. The molecule has 0 aliphatic rings. The molecule has 0 fully saturated rings. The first-order chi connectivity index (χ1) is 25.8. The van der Waals surface area contributed by atoms with Crippen LogP contribution < -0.4 is 0 Å². The predicted octanol–water partition coefficient (Wildman–Crippen LogP) is 7.23. The largest absolute Gasteiger partial charge is 0.382 e. The SMILES string of the molecule is COCCOCCOCCOCCCn1ccc2c3ccc4c(ccc5c4ccc4c5ccn4CCCOCCOCCOCCOC)c3ccc21. The van der Waals surface area contributed by atoms with Gasteiger partial charge in [-0.3, -0.25) is 0 Å². The molecule has 0 aliphatic heterocycles. The maximum Gasteiger partial charge on any atom is 0.0701 e. The van der Waals surface area contributed by atoms with Crippen molar-refractivity contribution in [2.45, 2.75) is 25.9 Å². The quantitative estimate of drug-likeness (QED) is 0.0430. The molecule has 0 radical (unpaired) electrons. The molecule has 2 heterocycles. The topological polar surface area (TPSA) is 83.7 Å². The van der Waals surface area contributed by atoms with Crippen LogP contribution in [-0.4, -0.2) is 116 Å². The molecule has 10 heteroatoms. The van der Waals surface area contributed by atoms with E-state index >= 15 is 0 Å². The lowest BCUT2D eigenvalue weighted by molar-refractivity contribution is 0.00313. The molecule has 0 bridgehead atoms. The van der Waals surface area contributed by atoms with Crippen molar-refractivity contribution < 1.29 is 37.9 Å². The van der Waals surface area contributed by atoms with Crippen molar-refractivity contribution in [3.63, 3.8) is 0 Å². The Bertz CT molecular complexity index is 1830. The van der Waals surface area contributed by atoms with E-state index in [2.05, 4.69) is 82.2 Å². The van der Waals surface area contributed by atoms with E-state index in [1.807, 2.05) is 0 Å². The van der Waals surface area contributed by atoms with Crippen LogP contribution >= 0.6 is 0 Å². The van der Waals surface area contributed by atoms with E-state index in [0.717, 1.165) is 25.9 Å². The highest BCUT2D eigenvalue weighted by atomic mass is 16.6. The molecule has 0 N–H and O–H groups in total. The Morgan fingerprint density at radius 3 is 0.962 bits per heavy atom. The van der Waals surface area contributed by atoms with Crippen LogP contribution in [-0.2, 0) is 51.0 Å². The van der Waals surface area contributed by atoms with Gasteiger partial charge in [0, 0.05) is 74.7 Å². The maximum absolute atomic E-state index is 5.81. The van der Waals surface area contributed by atoms with Crippen molar-refractivity contribution in [1.82, 2.24) is 9.13 Å². The molecule has 0 amide bonds. The van der Waals surface area contributed by atoms with Gasteiger partial charge in [0.15, 0.2) is 0 Å². The number of rotatable bonds is 26. The van der Waals surface area contributed by atoms with Crippen LogP contribution in [0.3, 0.4) is 0 Å². The van der Waals surface area contributed by atoms with Crippen molar-refractivity contribution in [2.24, 2.45) is 0 Å². The van der Waals surface area contributed by atoms with Gasteiger partial charge in [-0.2, -0.15) is 0 Å². The number of methoxy groups -OCH3 is 2. The fourth-order valence-corrected chi connectivity index (χ4v) is 6.83. The van der Waals surface area contributed by atoms with Gasteiger partial charge < -0.3 is 47.0 Å². The van der Waals surface area contributed by atoms with Crippen LogP contribution in [0.5, 0.6) is 0 Å². The minimum atomic E-state index is 0.573. The molecule has 280 valence electrons. The van der Waals surface area contributed by atoms with E-state index in [0.29, 0.717) is 92.5 Å². The van der Waals surface area contributed by atoms with Crippen molar-refractivity contribution in [3.05, 3.63) is 73.1 Å². The smallest absolute Gasteiger partial charge is 0.0701 e. The highest BCUT2D eigenvalue weighted by molar-refractivity contribution is 6.24. The molecule has 52 heavy (non-hydrogen) atoms. The summed E-state index contributed by atoms with van der Waals surface area (Å²) in [5, 5.41) is 10.3. The summed E-state index contributed by atoms with van der Waals surface area (Å²) in [7, 11) is 3.34. The van der Waals surface area contributed by atoms with E-state index < -0.39 is 0 Å². The van der Waals surface area contributed by atoms with Gasteiger partial charge in [-0.05, 0) is 69.4 Å².